The summed E-state index contributed by atoms with van der Waals surface area (Å²) >= 11 is -1.51. The summed E-state index contributed by atoms with van der Waals surface area (Å²) in [6.07, 6.45) is 3.28. The maximum Gasteiger partial charge on any atom is 0.178 e. The zero-order valence-corrected chi connectivity index (χ0v) is 16.8. The van der Waals surface area contributed by atoms with Crippen LogP contribution in [0.5, 0.6) is 11.5 Å². The molecule has 0 aliphatic carbocycles. The third-order valence-electron chi connectivity index (χ3n) is 4.62. The standard InChI is InChI=1S/C21H20N4O3S/c1-14(29(26)27-2)25-12-18(19-20(22)23-13-24-21(19)25)15-8-10-17(11-9-15)28-16-6-4-3-5-7-16/h3-14H,1-2H3,(H2,22,23,24). The molecule has 8 heteroatoms. The number of nitrogen functional groups attached to an aromatic ring is 1. The number of hydrogen-bond donors (Lipinski definition) is 1. The van der Waals surface area contributed by atoms with Gasteiger partial charge < -0.3 is 15.0 Å². The first-order chi connectivity index (χ1) is 14.1. The Balaban J connectivity index is 1.75. The molecule has 2 unspecified atom stereocenters. The van der Waals surface area contributed by atoms with Crippen LogP contribution < -0.4 is 10.5 Å². The molecule has 0 saturated heterocycles. The summed E-state index contributed by atoms with van der Waals surface area (Å²) in [7, 11) is 1.41. The SMILES string of the molecule is COS(=O)C(C)n1cc(-c2ccc(Oc3ccccc3)cc2)c2c(N)ncnc21. The molecule has 0 fully saturated rings. The molecule has 2 atom stereocenters. The third-order valence-corrected chi connectivity index (χ3v) is 5.73. The molecule has 148 valence electrons. The van der Waals surface area contributed by atoms with E-state index >= 15 is 0 Å². The average molecular weight is 408 g/mol. The first-order valence-corrected chi connectivity index (χ1v) is 10.1. The maximum atomic E-state index is 12.2. The van der Waals surface area contributed by atoms with Crippen LogP contribution in [0.15, 0.2) is 67.1 Å². The van der Waals surface area contributed by atoms with Crippen molar-refractivity contribution in [3.05, 3.63) is 67.1 Å². The van der Waals surface area contributed by atoms with Crippen LogP contribution in [-0.4, -0.2) is 25.9 Å². The number of nitrogens with zero attached hydrogens (tertiary/aromatic N) is 3. The van der Waals surface area contributed by atoms with Crippen LogP contribution in [0.3, 0.4) is 0 Å². The second kappa shape index (κ2) is 8.02. The highest BCUT2D eigenvalue weighted by molar-refractivity contribution is 7.80. The van der Waals surface area contributed by atoms with Gasteiger partial charge in [-0.3, -0.25) is 4.18 Å². The van der Waals surface area contributed by atoms with Crippen LogP contribution in [0.4, 0.5) is 5.82 Å². The fourth-order valence-electron chi connectivity index (χ4n) is 3.16. The lowest BCUT2D eigenvalue weighted by molar-refractivity contribution is 0.429. The van der Waals surface area contributed by atoms with Gasteiger partial charge in [0.25, 0.3) is 0 Å². The van der Waals surface area contributed by atoms with Crippen molar-refractivity contribution in [3.63, 3.8) is 0 Å². The lowest BCUT2D eigenvalue weighted by atomic mass is 10.1. The van der Waals surface area contributed by atoms with E-state index in [-0.39, 0.29) is 0 Å². The van der Waals surface area contributed by atoms with Gasteiger partial charge in [0.05, 0.1) is 12.5 Å². The minimum absolute atomic E-state index is 0.365. The Hall–Kier alpha value is -3.23. The first-order valence-electron chi connectivity index (χ1n) is 8.98. The van der Waals surface area contributed by atoms with E-state index in [2.05, 4.69) is 9.97 Å². The van der Waals surface area contributed by atoms with Gasteiger partial charge in [0.15, 0.2) is 11.1 Å². The monoisotopic (exact) mass is 408 g/mol. The molecule has 0 radical (unpaired) electrons. The van der Waals surface area contributed by atoms with Gasteiger partial charge in [-0.1, -0.05) is 30.3 Å². The van der Waals surface area contributed by atoms with E-state index in [1.807, 2.05) is 60.8 Å². The predicted octanol–water partition coefficient (Wildman–Crippen LogP) is 4.30. The highest BCUT2D eigenvalue weighted by atomic mass is 32.2. The molecule has 4 rings (SSSR count). The molecular weight excluding hydrogens is 388 g/mol. The van der Waals surface area contributed by atoms with Crippen LogP contribution in [0.1, 0.15) is 12.3 Å². The van der Waals surface area contributed by atoms with Gasteiger partial charge in [-0.15, -0.1) is 0 Å². The van der Waals surface area contributed by atoms with Crippen LogP contribution >= 0.6 is 0 Å². The molecule has 29 heavy (non-hydrogen) atoms. The normalized spacial score (nSPS) is 13.3. The van der Waals surface area contributed by atoms with Crippen LogP contribution in [0.25, 0.3) is 22.2 Å². The van der Waals surface area contributed by atoms with E-state index in [1.54, 1.807) is 11.5 Å². The van der Waals surface area contributed by atoms with Gasteiger partial charge in [0, 0.05) is 11.8 Å². The van der Waals surface area contributed by atoms with Gasteiger partial charge in [-0.05, 0) is 36.8 Å². The summed E-state index contributed by atoms with van der Waals surface area (Å²) in [6.45, 7) is 1.80. The number of para-hydroxylation sites is 1. The Labute approximate surface area is 170 Å². The molecular formula is C21H20N4O3S. The molecule has 2 aromatic carbocycles. The lowest BCUT2D eigenvalue weighted by Crippen LogP contribution is -2.12. The average Bonchev–Trinajstić information content (AvgIpc) is 3.15. The summed E-state index contributed by atoms with van der Waals surface area (Å²) in [5.74, 6) is 1.86. The zero-order valence-electron chi connectivity index (χ0n) is 16.0. The van der Waals surface area contributed by atoms with Crippen molar-refractivity contribution >= 4 is 27.9 Å². The van der Waals surface area contributed by atoms with E-state index in [4.69, 9.17) is 14.7 Å². The number of benzene rings is 2. The molecule has 7 nitrogen and oxygen atoms in total. The van der Waals surface area contributed by atoms with Gasteiger partial charge in [-0.2, -0.15) is 0 Å². The van der Waals surface area contributed by atoms with E-state index in [9.17, 15) is 4.21 Å². The largest absolute Gasteiger partial charge is 0.457 e. The molecule has 0 saturated carbocycles. The number of fused-ring (bicyclic) bond motifs is 1. The molecule has 0 bridgehead atoms. The Morgan fingerprint density at radius 3 is 2.41 bits per heavy atom. The summed E-state index contributed by atoms with van der Waals surface area (Å²) in [6, 6.07) is 17.3. The number of hydrogen-bond acceptors (Lipinski definition) is 6. The number of anilines is 1. The second-order valence-corrected chi connectivity index (χ2v) is 7.91. The van der Waals surface area contributed by atoms with E-state index in [0.29, 0.717) is 16.9 Å². The van der Waals surface area contributed by atoms with Crippen molar-refractivity contribution in [2.45, 2.75) is 12.3 Å². The summed E-state index contributed by atoms with van der Waals surface area (Å²) in [5, 5.41) is 0.274. The van der Waals surface area contributed by atoms with Gasteiger partial charge in [0.1, 0.15) is 34.7 Å². The molecule has 0 aliphatic heterocycles. The van der Waals surface area contributed by atoms with Crippen LogP contribution in [0.2, 0.25) is 0 Å². The minimum Gasteiger partial charge on any atom is -0.457 e. The quantitative estimate of drug-likeness (QED) is 0.511. The van der Waals surface area contributed by atoms with Crippen LogP contribution in [0, 0.1) is 0 Å². The third kappa shape index (κ3) is 3.72. The summed E-state index contributed by atoms with van der Waals surface area (Å²) in [4.78, 5) is 8.48. The Bertz CT molecular complexity index is 1160. The Kier molecular flexibility index (Phi) is 5.28. The maximum absolute atomic E-state index is 12.2. The molecule has 4 aromatic rings. The number of aromatic nitrogens is 3. The topological polar surface area (TPSA) is 92.3 Å². The number of ether oxygens (including phenoxy) is 1. The molecule has 2 heterocycles. The van der Waals surface area contributed by atoms with Gasteiger partial charge >= 0.3 is 0 Å². The summed E-state index contributed by atoms with van der Waals surface area (Å²) in [5.41, 5.74) is 8.53. The Morgan fingerprint density at radius 1 is 1.03 bits per heavy atom. The van der Waals surface area contributed by atoms with Crippen molar-refractivity contribution in [2.24, 2.45) is 0 Å². The number of nitrogens with two attached hydrogens (primary N) is 1. The lowest BCUT2D eigenvalue weighted by Gasteiger charge is -2.12. The molecule has 2 aromatic heterocycles. The fraction of sp³-hybridized carbons (Fsp3) is 0.143. The smallest absolute Gasteiger partial charge is 0.178 e. The Morgan fingerprint density at radius 2 is 1.72 bits per heavy atom. The molecule has 2 N–H and O–H groups in total. The fourth-order valence-corrected chi connectivity index (χ4v) is 3.79. The molecule has 0 amide bonds. The first kappa shape index (κ1) is 19.1. The van der Waals surface area contributed by atoms with Crippen molar-refractivity contribution in [1.82, 2.24) is 14.5 Å². The van der Waals surface area contributed by atoms with Crippen molar-refractivity contribution in [1.29, 1.82) is 0 Å². The predicted molar refractivity (Wildman–Crippen MR) is 114 cm³/mol. The highest BCUT2D eigenvalue weighted by Gasteiger charge is 2.21. The summed E-state index contributed by atoms with van der Waals surface area (Å²) < 4.78 is 24.8. The van der Waals surface area contributed by atoms with E-state index in [0.717, 1.165) is 22.6 Å². The molecule has 0 aliphatic rings. The molecule has 0 spiro atoms. The highest BCUT2D eigenvalue weighted by Crippen LogP contribution is 2.35. The van der Waals surface area contributed by atoms with Crippen molar-refractivity contribution < 1.29 is 13.1 Å². The number of rotatable bonds is 6. The van der Waals surface area contributed by atoms with E-state index < -0.39 is 16.5 Å². The minimum atomic E-state index is -1.51. The van der Waals surface area contributed by atoms with Gasteiger partial charge in [-0.25, -0.2) is 14.2 Å². The second-order valence-electron chi connectivity index (χ2n) is 6.37. The van der Waals surface area contributed by atoms with Gasteiger partial charge in [0.2, 0.25) is 0 Å². The van der Waals surface area contributed by atoms with Crippen molar-refractivity contribution in [3.8, 4) is 22.6 Å². The van der Waals surface area contributed by atoms with Crippen molar-refractivity contribution in [2.75, 3.05) is 12.8 Å². The zero-order chi connectivity index (χ0) is 20.4. The van der Waals surface area contributed by atoms with Crippen LogP contribution in [-0.2, 0) is 15.3 Å². The van der Waals surface area contributed by atoms with E-state index in [1.165, 1.54) is 13.4 Å².